The first-order valence-electron chi connectivity index (χ1n) is 3.84. The quantitative estimate of drug-likeness (QED) is 0.620. The third-order valence-electron chi connectivity index (χ3n) is 1.75. The second-order valence-corrected chi connectivity index (χ2v) is 2.67. The van der Waals surface area contributed by atoms with E-state index in [-0.39, 0.29) is 46.6 Å². The van der Waals surface area contributed by atoms with Gasteiger partial charge in [0.05, 0.1) is 7.11 Å². The molecule has 5 nitrogen and oxygen atoms in total. The van der Waals surface area contributed by atoms with Gasteiger partial charge in [-0.3, -0.25) is 0 Å². The maximum absolute atomic E-state index is 10.4. The monoisotopic (exact) mass is 222 g/mol. The molecule has 6 heteroatoms. The SMILES string of the molecule is COc1cc([C@@H](O)C(=O)O)ccc1O.[NaH]. The van der Waals surface area contributed by atoms with Gasteiger partial charge in [-0.05, 0) is 17.7 Å². The summed E-state index contributed by atoms with van der Waals surface area (Å²) in [6, 6.07) is 3.85. The second-order valence-electron chi connectivity index (χ2n) is 2.67. The molecular weight excluding hydrogens is 211 g/mol. The number of carboxylic acids is 1. The number of phenols is 1. The summed E-state index contributed by atoms with van der Waals surface area (Å²) in [5, 5.41) is 26.9. The molecule has 0 unspecified atom stereocenters. The third kappa shape index (κ3) is 3.39. The summed E-state index contributed by atoms with van der Waals surface area (Å²) in [4.78, 5) is 10.4. The number of aliphatic carboxylic acids is 1. The summed E-state index contributed by atoms with van der Waals surface area (Å²) in [6.45, 7) is 0. The zero-order chi connectivity index (χ0) is 10.7. The van der Waals surface area contributed by atoms with Crippen LogP contribution in [-0.2, 0) is 4.79 Å². The molecule has 78 valence electrons. The zero-order valence-corrected chi connectivity index (χ0v) is 7.47. The summed E-state index contributed by atoms with van der Waals surface area (Å²) in [5.41, 5.74) is 0.159. The van der Waals surface area contributed by atoms with Crippen molar-refractivity contribution in [3.8, 4) is 11.5 Å². The van der Waals surface area contributed by atoms with Crippen molar-refractivity contribution >= 4 is 35.5 Å². The van der Waals surface area contributed by atoms with Crippen molar-refractivity contribution in [2.24, 2.45) is 0 Å². The normalized spacial score (nSPS) is 11.3. The van der Waals surface area contributed by atoms with E-state index >= 15 is 0 Å². The van der Waals surface area contributed by atoms with Crippen LogP contribution >= 0.6 is 0 Å². The van der Waals surface area contributed by atoms with Gasteiger partial charge in [0.1, 0.15) is 0 Å². The van der Waals surface area contributed by atoms with E-state index in [1.807, 2.05) is 0 Å². The molecule has 1 rings (SSSR count). The van der Waals surface area contributed by atoms with E-state index in [0.29, 0.717) is 0 Å². The number of hydrogen-bond donors (Lipinski definition) is 3. The van der Waals surface area contributed by atoms with E-state index in [4.69, 9.17) is 9.84 Å². The number of carboxylic acid groups (broad SMARTS) is 1. The van der Waals surface area contributed by atoms with Crippen molar-refractivity contribution in [1.29, 1.82) is 0 Å². The minimum absolute atomic E-state index is 0. The predicted molar refractivity (Wildman–Crippen MR) is 54.4 cm³/mol. The number of benzene rings is 1. The van der Waals surface area contributed by atoms with Gasteiger partial charge in [-0.1, -0.05) is 6.07 Å². The molecule has 1 atom stereocenters. The van der Waals surface area contributed by atoms with Crippen LogP contribution in [0.1, 0.15) is 11.7 Å². The number of aromatic hydroxyl groups is 1. The van der Waals surface area contributed by atoms with Gasteiger partial charge in [0, 0.05) is 0 Å². The van der Waals surface area contributed by atoms with Crippen LogP contribution in [0, 0.1) is 0 Å². The molecule has 15 heavy (non-hydrogen) atoms. The molecule has 0 saturated carbocycles. The minimum atomic E-state index is -1.61. The molecule has 1 aromatic rings. The summed E-state index contributed by atoms with van der Waals surface area (Å²) in [7, 11) is 1.34. The fourth-order valence-corrected chi connectivity index (χ4v) is 1.01. The molecule has 3 N–H and O–H groups in total. The van der Waals surface area contributed by atoms with Crippen LogP contribution in [0.4, 0.5) is 0 Å². The van der Waals surface area contributed by atoms with Gasteiger partial charge < -0.3 is 20.1 Å². The van der Waals surface area contributed by atoms with Gasteiger partial charge in [0.2, 0.25) is 0 Å². The zero-order valence-electron chi connectivity index (χ0n) is 7.47. The molecular formula is C9H11NaO5. The fraction of sp³-hybridized carbons (Fsp3) is 0.222. The van der Waals surface area contributed by atoms with Crippen molar-refractivity contribution in [2.75, 3.05) is 7.11 Å². The predicted octanol–water partition coefficient (Wildman–Crippen LogP) is -0.130. The molecule has 0 heterocycles. The van der Waals surface area contributed by atoms with Crippen molar-refractivity contribution in [2.45, 2.75) is 6.10 Å². The Labute approximate surface area is 109 Å². The maximum atomic E-state index is 10.4. The Kier molecular flexibility index (Phi) is 5.67. The third-order valence-corrected chi connectivity index (χ3v) is 1.75. The number of carbonyl (C=O) groups is 1. The van der Waals surface area contributed by atoms with Gasteiger partial charge in [-0.25, -0.2) is 4.79 Å². The molecule has 0 aliphatic heterocycles. The topological polar surface area (TPSA) is 87.0 Å². The molecule has 0 fully saturated rings. The number of methoxy groups -OCH3 is 1. The van der Waals surface area contributed by atoms with Crippen LogP contribution in [0.25, 0.3) is 0 Å². The number of ether oxygens (including phenoxy) is 1. The van der Waals surface area contributed by atoms with Gasteiger partial charge in [0.25, 0.3) is 0 Å². The van der Waals surface area contributed by atoms with Crippen LogP contribution in [0.2, 0.25) is 0 Å². The van der Waals surface area contributed by atoms with Crippen molar-refractivity contribution < 1.29 is 24.9 Å². The van der Waals surface area contributed by atoms with E-state index < -0.39 is 12.1 Å². The Balaban J connectivity index is 0.00000196. The molecule has 1 aromatic carbocycles. The van der Waals surface area contributed by atoms with Gasteiger partial charge >= 0.3 is 35.5 Å². The number of aliphatic hydroxyl groups excluding tert-OH is 1. The molecule has 0 aromatic heterocycles. The van der Waals surface area contributed by atoms with E-state index in [1.165, 1.54) is 25.3 Å². The molecule has 0 amide bonds. The fourth-order valence-electron chi connectivity index (χ4n) is 1.01. The molecule has 0 bridgehead atoms. The van der Waals surface area contributed by atoms with Crippen LogP contribution in [0.3, 0.4) is 0 Å². The van der Waals surface area contributed by atoms with Crippen LogP contribution in [-0.4, -0.2) is 58.0 Å². The van der Waals surface area contributed by atoms with Crippen molar-refractivity contribution in [3.05, 3.63) is 23.8 Å². The van der Waals surface area contributed by atoms with E-state index in [1.54, 1.807) is 0 Å². The molecule has 0 spiro atoms. The van der Waals surface area contributed by atoms with Gasteiger partial charge in [-0.2, -0.15) is 0 Å². The summed E-state index contributed by atoms with van der Waals surface area (Å²) >= 11 is 0. The van der Waals surface area contributed by atoms with Crippen LogP contribution in [0.15, 0.2) is 18.2 Å². The van der Waals surface area contributed by atoms with Crippen LogP contribution in [0.5, 0.6) is 11.5 Å². The number of rotatable bonds is 3. The Morgan fingerprint density at radius 1 is 1.47 bits per heavy atom. The Morgan fingerprint density at radius 2 is 2.07 bits per heavy atom. The van der Waals surface area contributed by atoms with E-state index in [0.717, 1.165) is 0 Å². The average Bonchev–Trinajstić information content (AvgIpc) is 2.17. The van der Waals surface area contributed by atoms with Crippen molar-refractivity contribution in [3.63, 3.8) is 0 Å². The molecule has 0 saturated heterocycles. The van der Waals surface area contributed by atoms with E-state index in [9.17, 15) is 15.0 Å². The number of hydrogen-bond acceptors (Lipinski definition) is 4. The molecule has 0 aliphatic carbocycles. The van der Waals surface area contributed by atoms with Gasteiger partial charge in [-0.15, -0.1) is 0 Å². The number of aliphatic hydroxyl groups is 1. The Bertz CT molecular complexity index is 352. The van der Waals surface area contributed by atoms with Gasteiger partial charge in [0.15, 0.2) is 17.6 Å². The first-order chi connectivity index (χ1) is 6.56. The molecule has 0 aliphatic rings. The average molecular weight is 222 g/mol. The number of phenolic OH excluding ortho intramolecular Hbond substituents is 1. The summed E-state index contributed by atoms with van der Waals surface area (Å²) in [6.07, 6.45) is -1.61. The first-order valence-corrected chi connectivity index (χ1v) is 3.84. The van der Waals surface area contributed by atoms with Crippen LogP contribution < -0.4 is 4.74 Å². The summed E-state index contributed by atoms with van der Waals surface area (Å²) < 4.78 is 4.76. The first kappa shape index (κ1) is 14.2. The van der Waals surface area contributed by atoms with Crippen molar-refractivity contribution in [1.82, 2.24) is 0 Å². The second kappa shape index (κ2) is 5.97. The molecule has 0 radical (unpaired) electrons. The standard InChI is InChI=1S/C9H10O5.Na.H/c1-14-7-4-5(2-3-6(7)10)8(11)9(12)13;;/h2-4,8,10-11H,1H3,(H,12,13);;/t8-;;/m1../s1. The van der Waals surface area contributed by atoms with E-state index in [2.05, 4.69) is 0 Å². The Morgan fingerprint density at radius 3 is 2.53 bits per heavy atom. The summed E-state index contributed by atoms with van der Waals surface area (Å²) in [5.74, 6) is -1.32. The Hall–Kier alpha value is -0.750.